The summed E-state index contributed by atoms with van der Waals surface area (Å²) in [5.74, 6) is 0.402. The van der Waals surface area contributed by atoms with Gasteiger partial charge in [0.15, 0.2) is 5.78 Å². The number of Topliss-reactive ketones (excluding diaryl/α,β-unsaturated/α-hetero) is 1. The van der Waals surface area contributed by atoms with Gasteiger partial charge >= 0.3 is 0 Å². The third-order valence-corrected chi connectivity index (χ3v) is 7.30. The topological polar surface area (TPSA) is 41.1 Å². The van der Waals surface area contributed by atoms with Crippen molar-refractivity contribution in [3.05, 3.63) is 119 Å². The second-order valence-corrected chi connectivity index (χ2v) is 9.33. The SMILES string of the molecule is CCc1ccc(C2CC(=O)C3=C(C2)Nc2ccccc2NC3c2cccc3ccccc23)cc1. The fourth-order valence-corrected chi connectivity index (χ4v) is 5.49. The van der Waals surface area contributed by atoms with E-state index in [1.54, 1.807) is 0 Å². The third-order valence-electron chi connectivity index (χ3n) is 7.30. The average Bonchev–Trinajstić information content (AvgIpc) is 3.05. The Balaban J connectivity index is 1.48. The maximum absolute atomic E-state index is 13.8. The lowest BCUT2D eigenvalue weighted by atomic mass is 9.78. The highest BCUT2D eigenvalue weighted by Crippen LogP contribution is 2.45. The molecule has 0 saturated carbocycles. The summed E-state index contributed by atoms with van der Waals surface area (Å²) in [6.07, 6.45) is 2.38. The molecule has 0 aromatic heterocycles. The van der Waals surface area contributed by atoms with Crippen LogP contribution in [-0.4, -0.2) is 5.78 Å². The molecule has 6 rings (SSSR count). The predicted molar refractivity (Wildman–Crippen MR) is 140 cm³/mol. The van der Waals surface area contributed by atoms with E-state index >= 15 is 0 Å². The van der Waals surface area contributed by atoms with Crippen molar-refractivity contribution < 1.29 is 4.79 Å². The molecule has 2 atom stereocenters. The summed E-state index contributed by atoms with van der Waals surface area (Å²) in [5.41, 5.74) is 7.66. The van der Waals surface area contributed by atoms with E-state index < -0.39 is 0 Å². The van der Waals surface area contributed by atoms with Crippen LogP contribution in [0.4, 0.5) is 11.4 Å². The van der Waals surface area contributed by atoms with Crippen molar-refractivity contribution in [2.45, 2.75) is 38.1 Å². The first-order valence-electron chi connectivity index (χ1n) is 12.2. The summed E-state index contributed by atoms with van der Waals surface area (Å²) < 4.78 is 0. The van der Waals surface area contributed by atoms with Crippen LogP contribution in [0.3, 0.4) is 0 Å². The van der Waals surface area contributed by atoms with Gasteiger partial charge < -0.3 is 10.6 Å². The first-order valence-corrected chi connectivity index (χ1v) is 12.2. The van der Waals surface area contributed by atoms with Crippen molar-refractivity contribution in [2.75, 3.05) is 10.6 Å². The number of para-hydroxylation sites is 2. The Hall–Kier alpha value is -3.85. The molecule has 1 heterocycles. The van der Waals surface area contributed by atoms with Crippen molar-refractivity contribution >= 4 is 27.9 Å². The number of fused-ring (bicyclic) bond motifs is 2. The van der Waals surface area contributed by atoms with E-state index in [1.165, 1.54) is 21.9 Å². The van der Waals surface area contributed by atoms with Crippen molar-refractivity contribution in [3.63, 3.8) is 0 Å². The number of carbonyl (C=O) groups excluding carboxylic acids is 1. The van der Waals surface area contributed by atoms with Crippen LogP contribution in [0.5, 0.6) is 0 Å². The summed E-state index contributed by atoms with van der Waals surface area (Å²) in [5, 5.41) is 9.75. The maximum atomic E-state index is 13.8. The van der Waals surface area contributed by atoms with Gasteiger partial charge in [-0.15, -0.1) is 0 Å². The van der Waals surface area contributed by atoms with Gasteiger partial charge in [0, 0.05) is 17.7 Å². The molecule has 0 saturated heterocycles. The normalized spacial score (nSPS) is 19.6. The Kier molecular flexibility index (Phi) is 5.18. The highest BCUT2D eigenvalue weighted by Gasteiger charge is 2.36. The molecule has 0 amide bonds. The molecule has 168 valence electrons. The highest BCUT2D eigenvalue weighted by molar-refractivity contribution is 6.02. The number of aryl methyl sites for hydroxylation is 1. The number of benzene rings is 4. The fourth-order valence-electron chi connectivity index (χ4n) is 5.49. The molecule has 4 aromatic rings. The number of allylic oxidation sites excluding steroid dienone is 1. The summed E-state index contributed by atoms with van der Waals surface area (Å²) in [6.45, 7) is 2.17. The number of hydrogen-bond acceptors (Lipinski definition) is 3. The minimum Gasteiger partial charge on any atom is -0.372 e. The third kappa shape index (κ3) is 3.58. The minimum absolute atomic E-state index is 0.183. The van der Waals surface area contributed by atoms with Crippen LogP contribution in [-0.2, 0) is 11.2 Å². The smallest absolute Gasteiger partial charge is 0.163 e. The molecule has 4 aromatic carbocycles. The number of anilines is 2. The van der Waals surface area contributed by atoms with Crippen LogP contribution in [0.25, 0.3) is 10.8 Å². The van der Waals surface area contributed by atoms with Gasteiger partial charge in [0.05, 0.1) is 17.4 Å². The molecule has 34 heavy (non-hydrogen) atoms. The number of hydrogen-bond donors (Lipinski definition) is 2. The molecule has 2 N–H and O–H groups in total. The average molecular weight is 445 g/mol. The lowest BCUT2D eigenvalue weighted by molar-refractivity contribution is -0.116. The second kappa shape index (κ2) is 8.49. The number of carbonyl (C=O) groups is 1. The summed E-state index contributed by atoms with van der Waals surface area (Å²) in [7, 11) is 0. The molecule has 0 bridgehead atoms. The molecule has 1 aliphatic heterocycles. The molecule has 3 heteroatoms. The Morgan fingerprint density at radius 3 is 2.35 bits per heavy atom. The van der Waals surface area contributed by atoms with Crippen molar-refractivity contribution in [2.24, 2.45) is 0 Å². The Morgan fingerprint density at radius 2 is 1.53 bits per heavy atom. The van der Waals surface area contributed by atoms with Crippen LogP contribution in [0.2, 0.25) is 0 Å². The molecule has 2 unspecified atom stereocenters. The monoisotopic (exact) mass is 444 g/mol. The number of ketones is 1. The highest BCUT2D eigenvalue weighted by atomic mass is 16.1. The van der Waals surface area contributed by atoms with Gasteiger partial charge in [0.2, 0.25) is 0 Å². The van der Waals surface area contributed by atoms with E-state index in [4.69, 9.17) is 0 Å². The van der Waals surface area contributed by atoms with Gasteiger partial charge in [-0.25, -0.2) is 0 Å². The van der Waals surface area contributed by atoms with Gasteiger partial charge in [-0.3, -0.25) is 4.79 Å². The van der Waals surface area contributed by atoms with Crippen molar-refractivity contribution in [3.8, 4) is 0 Å². The zero-order chi connectivity index (χ0) is 23.1. The first-order chi connectivity index (χ1) is 16.7. The molecule has 0 spiro atoms. The lowest BCUT2D eigenvalue weighted by Crippen LogP contribution is -2.27. The largest absolute Gasteiger partial charge is 0.372 e. The molecule has 0 radical (unpaired) electrons. The van der Waals surface area contributed by atoms with E-state index in [0.29, 0.717) is 6.42 Å². The molecule has 3 nitrogen and oxygen atoms in total. The van der Waals surface area contributed by atoms with Crippen molar-refractivity contribution in [1.82, 2.24) is 0 Å². The van der Waals surface area contributed by atoms with Crippen LogP contribution < -0.4 is 10.6 Å². The van der Waals surface area contributed by atoms with Crippen LogP contribution >= 0.6 is 0 Å². The summed E-state index contributed by atoms with van der Waals surface area (Å²) >= 11 is 0. The summed E-state index contributed by atoms with van der Waals surface area (Å²) in [6, 6.07) is 31.7. The molecular weight excluding hydrogens is 416 g/mol. The van der Waals surface area contributed by atoms with Crippen LogP contribution in [0.1, 0.15) is 48.4 Å². The van der Waals surface area contributed by atoms with Gasteiger partial charge in [-0.1, -0.05) is 85.8 Å². The quantitative estimate of drug-likeness (QED) is 0.346. The van der Waals surface area contributed by atoms with Gasteiger partial charge in [0.1, 0.15) is 0 Å². The molecule has 1 aliphatic carbocycles. The molecular formula is C31H28N2O. The van der Waals surface area contributed by atoms with Gasteiger partial charge in [-0.2, -0.15) is 0 Å². The van der Waals surface area contributed by atoms with Crippen LogP contribution in [0.15, 0.2) is 102 Å². The van der Waals surface area contributed by atoms with Gasteiger partial charge in [0.25, 0.3) is 0 Å². The Labute approximate surface area is 200 Å². The lowest BCUT2D eigenvalue weighted by Gasteiger charge is -2.30. The first kappa shape index (κ1) is 20.7. The van der Waals surface area contributed by atoms with E-state index in [9.17, 15) is 4.79 Å². The Bertz CT molecular complexity index is 1410. The Morgan fingerprint density at radius 1 is 0.794 bits per heavy atom. The predicted octanol–water partition coefficient (Wildman–Crippen LogP) is 7.38. The standard InChI is InChI=1S/C31H28N2O/c1-2-20-14-16-21(17-15-20)23-18-28-30(29(34)19-23)31(33-27-13-6-5-12-26(27)32-28)25-11-7-9-22-8-3-4-10-24(22)25/h3-17,23,31-33H,2,18-19H2,1H3. The van der Waals surface area contributed by atoms with Gasteiger partial charge in [-0.05, 0) is 58.4 Å². The second-order valence-electron chi connectivity index (χ2n) is 9.33. The van der Waals surface area contributed by atoms with Crippen LogP contribution in [0, 0.1) is 0 Å². The van der Waals surface area contributed by atoms with E-state index in [1.807, 2.05) is 12.1 Å². The van der Waals surface area contributed by atoms with Crippen molar-refractivity contribution in [1.29, 1.82) is 0 Å². The zero-order valence-corrected chi connectivity index (χ0v) is 19.3. The maximum Gasteiger partial charge on any atom is 0.163 e. The summed E-state index contributed by atoms with van der Waals surface area (Å²) in [4.78, 5) is 13.8. The number of nitrogens with one attached hydrogen (secondary N) is 2. The van der Waals surface area contributed by atoms with E-state index in [2.05, 4.69) is 96.4 Å². The minimum atomic E-state index is -0.201. The van der Waals surface area contributed by atoms with E-state index in [-0.39, 0.29) is 17.7 Å². The molecule has 0 fully saturated rings. The number of rotatable bonds is 3. The zero-order valence-electron chi connectivity index (χ0n) is 19.3. The molecule has 2 aliphatic rings. The van der Waals surface area contributed by atoms with E-state index in [0.717, 1.165) is 41.1 Å². The fraction of sp³-hybridized carbons (Fsp3) is 0.194.